The molecule has 0 spiro atoms. The van der Waals surface area contributed by atoms with Gasteiger partial charge in [0.15, 0.2) is 0 Å². The molecular weight excluding hydrogens is 518 g/mol. The summed E-state index contributed by atoms with van der Waals surface area (Å²) < 4.78 is 11.6. The SMILES string of the molecule is COc1ccc(C(C)(C)C)cc1/C(O)=C1\C(=O)C(=O)N(c2ccccc2O)C1c1cccc(Oc2ccccc2)c1. The first kappa shape index (κ1) is 27.5. The Balaban J connectivity index is 1.73. The van der Waals surface area contributed by atoms with Crippen LogP contribution in [-0.2, 0) is 15.0 Å². The smallest absolute Gasteiger partial charge is 0.300 e. The molecule has 0 aromatic heterocycles. The van der Waals surface area contributed by atoms with Crippen molar-refractivity contribution >= 4 is 23.1 Å². The number of carbonyl (C=O) groups excluding carboxylic acids is 2. The molecule has 0 radical (unpaired) electrons. The number of rotatable bonds is 6. The first-order valence-corrected chi connectivity index (χ1v) is 13.2. The van der Waals surface area contributed by atoms with E-state index in [4.69, 9.17) is 9.47 Å². The topological polar surface area (TPSA) is 96.3 Å². The molecule has 1 heterocycles. The van der Waals surface area contributed by atoms with Crippen LogP contribution in [0.1, 0.15) is 43.5 Å². The number of nitrogens with zero attached hydrogens (tertiary/aromatic N) is 1. The maximum atomic E-state index is 13.7. The van der Waals surface area contributed by atoms with Crippen LogP contribution in [0.4, 0.5) is 5.69 Å². The molecule has 2 N–H and O–H groups in total. The van der Waals surface area contributed by atoms with Crippen LogP contribution in [0.5, 0.6) is 23.0 Å². The lowest BCUT2D eigenvalue weighted by Crippen LogP contribution is -2.29. The maximum absolute atomic E-state index is 13.7. The van der Waals surface area contributed by atoms with Gasteiger partial charge in [0.2, 0.25) is 0 Å². The van der Waals surface area contributed by atoms with Crippen LogP contribution in [0, 0.1) is 0 Å². The van der Waals surface area contributed by atoms with Gasteiger partial charge in [-0.2, -0.15) is 0 Å². The van der Waals surface area contributed by atoms with Gasteiger partial charge >= 0.3 is 0 Å². The van der Waals surface area contributed by atoms with Crippen molar-refractivity contribution in [3.8, 4) is 23.0 Å². The largest absolute Gasteiger partial charge is 0.507 e. The Kier molecular flexibility index (Phi) is 7.28. The number of phenolic OH excluding ortho intramolecular Hbond substituents is 1. The fourth-order valence-corrected chi connectivity index (χ4v) is 4.94. The summed E-state index contributed by atoms with van der Waals surface area (Å²) in [5.74, 6) is -0.866. The van der Waals surface area contributed by atoms with Gasteiger partial charge in [0, 0.05) is 0 Å². The zero-order chi connectivity index (χ0) is 29.3. The number of phenols is 1. The molecule has 0 bridgehead atoms. The monoisotopic (exact) mass is 549 g/mol. The van der Waals surface area contributed by atoms with E-state index in [9.17, 15) is 19.8 Å². The van der Waals surface area contributed by atoms with Crippen molar-refractivity contribution in [1.82, 2.24) is 0 Å². The number of hydrogen-bond acceptors (Lipinski definition) is 6. The zero-order valence-electron chi connectivity index (χ0n) is 23.3. The zero-order valence-corrected chi connectivity index (χ0v) is 23.3. The fraction of sp³-hybridized carbons (Fsp3) is 0.176. The minimum atomic E-state index is -1.06. The van der Waals surface area contributed by atoms with E-state index < -0.39 is 17.7 Å². The van der Waals surface area contributed by atoms with Gasteiger partial charge in [-0.1, -0.05) is 69.3 Å². The van der Waals surface area contributed by atoms with Gasteiger partial charge in [-0.05, 0) is 65.1 Å². The molecule has 1 unspecified atom stereocenters. The lowest BCUT2D eigenvalue weighted by Gasteiger charge is -2.26. The summed E-state index contributed by atoms with van der Waals surface area (Å²) in [6, 6.07) is 26.8. The number of aliphatic hydroxyl groups excluding tert-OH is 1. The quantitative estimate of drug-likeness (QED) is 0.151. The number of anilines is 1. The predicted molar refractivity (Wildman–Crippen MR) is 158 cm³/mol. The Morgan fingerprint density at radius 2 is 1.51 bits per heavy atom. The minimum absolute atomic E-state index is 0.125. The van der Waals surface area contributed by atoms with Crippen molar-refractivity contribution in [2.45, 2.75) is 32.2 Å². The standard InChI is InChI=1S/C34H31NO6/c1-34(2,3)22-17-18-28(40-4)25(20-22)31(37)29-30(35(33(39)32(29)38)26-15-8-9-16-27(26)36)21-11-10-14-24(19-21)41-23-12-6-5-7-13-23/h5-20,30,36-37H,1-4H3/b31-29+. The molecule has 1 aliphatic rings. The highest BCUT2D eigenvalue weighted by atomic mass is 16.5. The van der Waals surface area contributed by atoms with Crippen molar-refractivity contribution in [2.75, 3.05) is 12.0 Å². The molecular formula is C34H31NO6. The number of benzene rings is 4. The lowest BCUT2D eigenvalue weighted by molar-refractivity contribution is -0.132. The third-order valence-corrected chi connectivity index (χ3v) is 7.06. The van der Waals surface area contributed by atoms with Gasteiger partial charge in [0.1, 0.15) is 28.8 Å². The first-order chi connectivity index (χ1) is 19.6. The molecule has 7 nitrogen and oxygen atoms in total. The number of aliphatic hydroxyl groups is 1. The molecule has 5 rings (SSSR count). The van der Waals surface area contributed by atoms with Crippen molar-refractivity contribution < 1.29 is 29.3 Å². The summed E-state index contributed by atoms with van der Waals surface area (Å²) >= 11 is 0. The molecule has 1 saturated heterocycles. The number of Topliss-reactive ketones (excluding diaryl/α,β-unsaturated/α-hetero) is 1. The Bertz CT molecular complexity index is 1650. The van der Waals surface area contributed by atoms with E-state index >= 15 is 0 Å². The van der Waals surface area contributed by atoms with Crippen LogP contribution in [-0.4, -0.2) is 29.0 Å². The minimum Gasteiger partial charge on any atom is -0.507 e. The summed E-state index contributed by atoms with van der Waals surface area (Å²) in [6.45, 7) is 6.11. The number of hydrogen-bond donors (Lipinski definition) is 2. The van der Waals surface area contributed by atoms with Crippen LogP contribution in [0.2, 0.25) is 0 Å². The van der Waals surface area contributed by atoms with E-state index in [1.807, 2.05) is 57.2 Å². The normalized spacial score (nSPS) is 16.6. The van der Waals surface area contributed by atoms with Crippen LogP contribution in [0.25, 0.3) is 5.76 Å². The molecule has 1 fully saturated rings. The molecule has 208 valence electrons. The van der Waals surface area contributed by atoms with Crippen molar-refractivity contribution in [3.05, 3.63) is 119 Å². The average molecular weight is 550 g/mol. The average Bonchev–Trinajstić information content (AvgIpc) is 3.22. The summed E-state index contributed by atoms with van der Waals surface area (Å²) in [7, 11) is 1.48. The second kappa shape index (κ2) is 10.8. The summed E-state index contributed by atoms with van der Waals surface area (Å²) in [5, 5.41) is 22.5. The Labute approximate surface area is 238 Å². The van der Waals surface area contributed by atoms with Gasteiger partial charge < -0.3 is 19.7 Å². The third kappa shape index (κ3) is 5.26. The van der Waals surface area contributed by atoms with Gasteiger partial charge in [-0.15, -0.1) is 0 Å². The number of amides is 1. The Hall–Kier alpha value is -5.04. The van der Waals surface area contributed by atoms with Crippen LogP contribution < -0.4 is 14.4 Å². The lowest BCUT2D eigenvalue weighted by atomic mass is 9.85. The number of ether oxygens (including phenoxy) is 2. The van der Waals surface area contributed by atoms with E-state index in [0.29, 0.717) is 22.8 Å². The maximum Gasteiger partial charge on any atom is 0.300 e. The molecule has 41 heavy (non-hydrogen) atoms. The number of ketones is 1. The van der Waals surface area contributed by atoms with E-state index in [1.165, 1.54) is 18.1 Å². The van der Waals surface area contributed by atoms with Crippen LogP contribution in [0.15, 0.2) is 103 Å². The highest BCUT2D eigenvalue weighted by molar-refractivity contribution is 6.52. The van der Waals surface area contributed by atoms with Gasteiger partial charge in [-0.3, -0.25) is 14.5 Å². The summed E-state index contributed by atoms with van der Waals surface area (Å²) in [6.07, 6.45) is 0. The number of carbonyl (C=O) groups is 2. The van der Waals surface area contributed by atoms with E-state index in [2.05, 4.69) is 0 Å². The Morgan fingerprint density at radius 3 is 2.20 bits per heavy atom. The molecule has 1 atom stereocenters. The van der Waals surface area contributed by atoms with Crippen LogP contribution >= 0.6 is 0 Å². The van der Waals surface area contributed by atoms with E-state index in [-0.39, 0.29) is 33.7 Å². The molecule has 4 aromatic carbocycles. The van der Waals surface area contributed by atoms with Crippen LogP contribution in [0.3, 0.4) is 0 Å². The first-order valence-electron chi connectivity index (χ1n) is 13.2. The number of para-hydroxylation sites is 3. The van der Waals surface area contributed by atoms with Gasteiger partial charge in [0.25, 0.3) is 11.7 Å². The summed E-state index contributed by atoms with van der Waals surface area (Å²) in [4.78, 5) is 28.5. The molecule has 0 saturated carbocycles. The van der Waals surface area contributed by atoms with Crippen molar-refractivity contribution in [3.63, 3.8) is 0 Å². The predicted octanol–water partition coefficient (Wildman–Crippen LogP) is 7.12. The van der Waals surface area contributed by atoms with Crippen molar-refractivity contribution in [2.24, 2.45) is 0 Å². The number of methoxy groups -OCH3 is 1. The molecule has 4 aromatic rings. The Morgan fingerprint density at radius 1 is 0.829 bits per heavy atom. The highest BCUT2D eigenvalue weighted by Crippen LogP contribution is 2.46. The molecule has 0 aliphatic carbocycles. The van der Waals surface area contributed by atoms with Crippen molar-refractivity contribution in [1.29, 1.82) is 0 Å². The summed E-state index contributed by atoms with van der Waals surface area (Å²) in [5.41, 5.74) is 1.46. The highest BCUT2D eigenvalue weighted by Gasteiger charge is 2.48. The third-order valence-electron chi connectivity index (χ3n) is 7.06. The van der Waals surface area contributed by atoms with Gasteiger partial charge in [0.05, 0.1) is 30.0 Å². The number of aromatic hydroxyl groups is 1. The second-order valence-electron chi connectivity index (χ2n) is 10.8. The van der Waals surface area contributed by atoms with E-state index in [0.717, 1.165) is 5.56 Å². The molecule has 1 amide bonds. The molecule has 1 aliphatic heterocycles. The van der Waals surface area contributed by atoms with E-state index in [1.54, 1.807) is 54.6 Å². The second-order valence-corrected chi connectivity index (χ2v) is 10.8. The molecule has 7 heteroatoms. The fourth-order valence-electron chi connectivity index (χ4n) is 4.94. The van der Waals surface area contributed by atoms with Gasteiger partial charge in [-0.25, -0.2) is 0 Å².